The summed E-state index contributed by atoms with van der Waals surface area (Å²) < 4.78 is 0. The molecule has 0 N–H and O–H groups in total. The Bertz CT molecular complexity index is 1080. The van der Waals surface area contributed by atoms with Crippen LogP contribution in [0, 0.1) is 0 Å². The van der Waals surface area contributed by atoms with E-state index in [0.29, 0.717) is 23.0 Å². The third-order valence-electron chi connectivity index (χ3n) is 4.88. The predicted molar refractivity (Wildman–Crippen MR) is 105 cm³/mol. The van der Waals surface area contributed by atoms with Gasteiger partial charge in [0.05, 0.1) is 0 Å². The second-order valence-electron chi connectivity index (χ2n) is 6.75. The predicted octanol–water partition coefficient (Wildman–Crippen LogP) is 3.35. The number of tetrazole rings is 1. The number of carbonyl (C=O) groups is 2. The van der Waals surface area contributed by atoms with Gasteiger partial charge < -0.3 is 4.90 Å². The van der Waals surface area contributed by atoms with E-state index < -0.39 is 6.04 Å². The third-order valence-corrected chi connectivity index (χ3v) is 5.11. The average Bonchev–Trinajstić information content (AvgIpc) is 3.33. The maximum Gasteiger partial charge on any atom is 0.223 e. The van der Waals surface area contributed by atoms with Crippen LogP contribution in [0.15, 0.2) is 42.5 Å². The smallest absolute Gasteiger partial charge is 0.223 e. The van der Waals surface area contributed by atoms with E-state index in [1.807, 2.05) is 24.3 Å². The monoisotopic (exact) mass is 395 g/mol. The Kier molecular flexibility index (Phi) is 4.68. The lowest BCUT2D eigenvalue weighted by molar-refractivity contribution is -0.116. The van der Waals surface area contributed by atoms with Gasteiger partial charge in [0.25, 0.3) is 0 Å². The van der Waals surface area contributed by atoms with Crippen LogP contribution in [0.4, 0.5) is 5.69 Å². The molecule has 142 valence electrons. The van der Waals surface area contributed by atoms with Crippen LogP contribution in [0.5, 0.6) is 0 Å². The van der Waals surface area contributed by atoms with Gasteiger partial charge in [-0.25, -0.2) is 0 Å². The number of hydrogen-bond donors (Lipinski definition) is 0. The van der Waals surface area contributed by atoms with Crippen LogP contribution in [0.2, 0.25) is 5.02 Å². The molecule has 0 fully saturated rings. The van der Waals surface area contributed by atoms with Crippen molar-refractivity contribution in [2.75, 3.05) is 11.4 Å². The van der Waals surface area contributed by atoms with Crippen molar-refractivity contribution in [2.45, 2.75) is 26.3 Å². The number of rotatable bonds is 4. The molecule has 3 aromatic rings. The molecular weight excluding hydrogens is 378 g/mol. The van der Waals surface area contributed by atoms with Gasteiger partial charge >= 0.3 is 0 Å². The zero-order valence-corrected chi connectivity index (χ0v) is 16.2. The van der Waals surface area contributed by atoms with Crippen LogP contribution in [0.1, 0.15) is 35.8 Å². The molecule has 0 aliphatic carbocycles. The number of ketones is 1. The second-order valence-corrected chi connectivity index (χ2v) is 7.18. The summed E-state index contributed by atoms with van der Waals surface area (Å²) in [6.45, 7) is 3.93. The molecule has 0 saturated heterocycles. The van der Waals surface area contributed by atoms with Crippen molar-refractivity contribution < 1.29 is 9.59 Å². The SMILES string of the molecule is CC(=O)N1CCc2cc(C(=O)C(C)n3nnc(-c4cccc(Cl)c4)n3)ccc21. The number of anilines is 1. The fraction of sp³-hybridized carbons (Fsp3) is 0.250. The highest BCUT2D eigenvalue weighted by atomic mass is 35.5. The van der Waals surface area contributed by atoms with E-state index in [1.165, 1.54) is 4.80 Å². The van der Waals surface area contributed by atoms with Crippen LogP contribution < -0.4 is 4.90 Å². The number of nitrogens with zero attached hydrogens (tertiary/aromatic N) is 5. The number of aromatic nitrogens is 4. The van der Waals surface area contributed by atoms with Crippen molar-refractivity contribution in [3.8, 4) is 11.4 Å². The molecule has 1 aliphatic heterocycles. The average molecular weight is 396 g/mol. The lowest BCUT2D eigenvalue weighted by Gasteiger charge is -2.15. The van der Waals surface area contributed by atoms with E-state index in [1.54, 1.807) is 36.9 Å². The zero-order chi connectivity index (χ0) is 19.8. The van der Waals surface area contributed by atoms with Gasteiger partial charge in [-0.1, -0.05) is 23.7 Å². The quantitative estimate of drug-likeness (QED) is 0.633. The number of hydrogen-bond acceptors (Lipinski definition) is 5. The Labute approximate surface area is 166 Å². The maximum absolute atomic E-state index is 12.9. The zero-order valence-electron chi connectivity index (χ0n) is 15.5. The first kappa shape index (κ1) is 18.3. The number of benzene rings is 2. The van der Waals surface area contributed by atoms with Gasteiger partial charge in [0, 0.05) is 35.3 Å². The van der Waals surface area contributed by atoms with Crippen molar-refractivity contribution in [1.82, 2.24) is 20.2 Å². The van der Waals surface area contributed by atoms with Gasteiger partial charge in [-0.15, -0.1) is 10.2 Å². The van der Waals surface area contributed by atoms with Crippen molar-refractivity contribution in [2.24, 2.45) is 0 Å². The fourth-order valence-electron chi connectivity index (χ4n) is 3.36. The van der Waals surface area contributed by atoms with E-state index in [0.717, 1.165) is 23.2 Å². The minimum atomic E-state index is -0.608. The van der Waals surface area contributed by atoms with Crippen LogP contribution in [-0.2, 0) is 11.2 Å². The molecule has 8 heteroatoms. The summed E-state index contributed by atoms with van der Waals surface area (Å²) in [5.41, 5.74) is 3.18. The van der Waals surface area contributed by atoms with Crippen LogP contribution in [0.25, 0.3) is 11.4 Å². The van der Waals surface area contributed by atoms with Gasteiger partial charge in [-0.05, 0) is 54.5 Å². The van der Waals surface area contributed by atoms with Gasteiger partial charge in [0.2, 0.25) is 11.7 Å². The molecule has 1 aromatic heterocycles. The topological polar surface area (TPSA) is 81.0 Å². The normalized spacial score (nSPS) is 14.0. The number of Topliss-reactive ketones (excluding diaryl/α,β-unsaturated/α-hetero) is 1. The molecule has 1 amide bonds. The maximum atomic E-state index is 12.9. The molecule has 7 nitrogen and oxygen atoms in total. The lowest BCUT2D eigenvalue weighted by atomic mass is 10.0. The van der Waals surface area contributed by atoms with Crippen molar-refractivity contribution in [1.29, 1.82) is 0 Å². The molecule has 1 atom stereocenters. The Morgan fingerprint density at radius 2 is 2.00 bits per heavy atom. The standard InChI is InChI=1S/C20H18ClN5O2/c1-12(26-23-20(22-24-26)16-4-3-5-17(21)11-16)19(28)15-6-7-18-14(10-15)8-9-25(18)13(2)27/h3-7,10-12H,8-9H2,1-2H3. The number of carbonyl (C=O) groups excluding carboxylic acids is 2. The van der Waals surface area contributed by atoms with E-state index in [2.05, 4.69) is 15.4 Å². The molecule has 4 rings (SSSR count). The molecular formula is C20H18ClN5O2. The molecule has 0 radical (unpaired) electrons. The van der Waals surface area contributed by atoms with E-state index in [4.69, 9.17) is 11.6 Å². The van der Waals surface area contributed by atoms with Gasteiger partial charge in [-0.3, -0.25) is 9.59 Å². The lowest BCUT2D eigenvalue weighted by Crippen LogP contribution is -2.25. The number of halogens is 1. The molecule has 1 aliphatic rings. The Morgan fingerprint density at radius 1 is 1.18 bits per heavy atom. The summed E-state index contributed by atoms with van der Waals surface area (Å²) in [6.07, 6.45) is 0.741. The molecule has 28 heavy (non-hydrogen) atoms. The van der Waals surface area contributed by atoms with Crippen molar-refractivity contribution >= 4 is 29.0 Å². The Hall–Kier alpha value is -3.06. The number of fused-ring (bicyclic) bond motifs is 1. The summed E-state index contributed by atoms with van der Waals surface area (Å²) in [7, 11) is 0. The Morgan fingerprint density at radius 3 is 2.75 bits per heavy atom. The summed E-state index contributed by atoms with van der Waals surface area (Å²) in [6, 6.07) is 12.0. The Balaban J connectivity index is 1.57. The molecule has 0 spiro atoms. The molecule has 0 bridgehead atoms. The minimum Gasteiger partial charge on any atom is -0.312 e. The second kappa shape index (κ2) is 7.16. The van der Waals surface area contributed by atoms with Gasteiger partial charge in [0.15, 0.2) is 5.78 Å². The highest BCUT2D eigenvalue weighted by molar-refractivity contribution is 6.30. The van der Waals surface area contributed by atoms with E-state index in [-0.39, 0.29) is 11.7 Å². The highest BCUT2D eigenvalue weighted by Gasteiger charge is 2.25. The molecule has 2 heterocycles. The summed E-state index contributed by atoms with van der Waals surface area (Å²) in [5.74, 6) is 0.305. The first-order valence-corrected chi connectivity index (χ1v) is 9.32. The fourth-order valence-corrected chi connectivity index (χ4v) is 3.55. The van der Waals surface area contributed by atoms with E-state index >= 15 is 0 Å². The molecule has 1 unspecified atom stereocenters. The first-order chi connectivity index (χ1) is 13.4. The summed E-state index contributed by atoms with van der Waals surface area (Å²) in [5, 5.41) is 13.0. The van der Waals surface area contributed by atoms with E-state index in [9.17, 15) is 9.59 Å². The largest absolute Gasteiger partial charge is 0.312 e. The van der Waals surface area contributed by atoms with Crippen molar-refractivity contribution in [3.05, 3.63) is 58.6 Å². The third kappa shape index (κ3) is 3.29. The highest BCUT2D eigenvalue weighted by Crippen LogP contribution is 2.30. The van der Waals surface area contributed by atoms with Crippen LogP contribution >= 0.6 is 11.6 Å². The van der Waals surface area contributed by atoms with Gasteiger partial charge in [-0.2, -0.15) is 4.80 Å². The number of amides is 1. The molecule has 0 saturated carbocycles. The van der Waals surface area contributed by atoms with Crippen LogP contribution in [-0.4, -0.2) is 38.4 Å². The summed E-state index contributed by atoms with van der Waals surface area (Å²) in [4.78, 5) is 27.7. The van der Waals surface area contributed by atoms with Gasteiger partial charge in [0.1, 0.15) is 6.04 Å². The van der Waals surface area contributed by atoms with Crippen LogP contribution in [0.3, 0.4) is 0 Å². The molecule has 2 aromatic carbocycles. The minimum absolute atomic E-state index is 0.00607. The van der Waals surface area contributed by atoms with Crippen molar-refractivity contribution in [3.63, 3.8) is 0 Å². The summed E-state index contributed by atoms with van der Waals surface area (Å²) >= 11 is 6.01. The first-order valence-electron chi connectivity index (χ1n) is 8.95.